The van der Waals surface area contributed by atoms with Crippen LogP contribution in [-0.4, -0.2) is 12.5 Å². The Morgan fingerprint density at radius 1 is 1.00 bits per heavy atom. The summed E-state index contributed by atoms with van der Waals surface area (Å²) >= 11 is 0. The van der Waals surface area contributed by atoms with Crippen molar-refractivity contribution in [2.75, 3.05) is 6.54 Å². The Kier molecular flexibility index (Phi) is 5.18. The van der Waals surface area contributed by atoms with Crippen molar-refractivity contribution in [1.29, 1.82) is 0 Å². The summed E-state index contributed by atoms with van der Waals surface area (Å²) in [4.78, 5) is 10.8. The molecule has 0 aliphatic heterocycles. The van der Waals surface area contributed by atoms with Crippen molar-refractivity contribution in [2.45, 2.75) is 20.0 Å². The second-order valence-electron chi connectivity index (χ2n) is 4.65. The molecule has 3 heteroatoms. The lowest BCUT2D eigenvalue weighted by Gasteiger charge is -2.07. The first-order valence-electron chi connectivity index (χ1n) is 6.74. The first-order chi connectivity index (χ1) is 9.74. The van der Waals surface area contributed by atoms with Gasteiger partial charge in [0.05, 0.1) is 0 Å². The number of carbonyl (C=O) groups excluding carboxylic acids is 1. The third kappa shape index (κ3) is 4.76. The monoisotopic (exact) mass is 269 g/mol. The molecule has 1 amide bonds. The Labute approximate surface area is 119 Å². The third-order valence-corrected chi connectivity index (χ3v) is 2.96. The minimum atomic E-state index is 0.00724. The zero-order valence-electron chi connectivity index (χ0n) is 11.6. The minimum Gasteiger partial charge on any atom is -0.489 e. The van der Waals surface area contributed by atoms with E-state index in [-0.39, 0.29) is 5.91 Å². The van der Waals surface area contributed by atoms with E-state index in [1.165, 1.54) is 12.5 Å². The maximum absolute atomic E-state index is 10.8. The smallest absolute Gasteiger partial charge is 0.216 e. The van der Waals surface area contributed by atoms with Crippen molar-refractivity contribution < 1.29 is 9.53 Å². The van der Waals surface area contributed by atoms with E-state index in [2.05, 4.69) is 5.32 Å². The van der Waals surface area contributed by atoms with Crippen LogP contribution in [0.15, 0.2) is 54.6 Å². The third-order valence-electron chi connectivity index (χ3n) is 2.96. The molecule has 0 heterocycles. The summed E-state index contributed by atoms with van der Waals surface area (Å²) in [6.07, 6.45) is 0.832. The molecule has 1 N–H and O–H groups in total. The van der Waals surface area contributed by atoms with Crippen LogP contribution < -0.4 is 10.1 Å². The molecule has 0 radical (unpaired) electrons. The van der Waals surface area contributed by atoms with Gasteiger partial charge in [-0.05, 0) is 29.7 Å². The normalized spacial score (nSPS) is 10.1. The van der Waals surface area contributed by atoms with Gasteiger partial charge in [0, 0.05) is 13.5 Å². The van der Waals surface area contributed by atoms with Gasteiger partial charge in [-0.25, -0.2) is 0 Å². The van der Waals surface area contributed by atoms with Gasteiger partial charge < -0.3 is 10.1 Å². The average molecular weight is 269 g/mol. The van der Waals surface area contributed by atoms with E-state index in [0.29, 0.717) is 13.2 Å². The Hall–Kier alpha value is -2.29. The Morgan fingerprint density at radius 2 is 1.70 bits per heavy atom. The lowest BCUT2D eigenvalue weighted by molar-refractivity contribution is -0.118. The zero-order valence-corrected chi connectivity index (χ0v) is 11.6. The number of rotatable bonds is 6. The fourth-order valence-electron chi connectivity index (χ4n) is 1.88. The molecule has 0 bridgehead atoms. The highest BCUT2D eigenvalue weighted by molar-refractivity contribution is 5.72. The Balaban J connectivity index is 1.81. The van der Waals surface area contributed by atoms with Crippen molar-refractivity contribution >= 4 is 5.91 Å². The fraction of sp³-hybridized carbons (Fsp3) is 0.235. The second-order valence-corrected chi connectivity index (χ2v) is 4.65. The van der Waals surface area contributed by atoms with Gasteiger partial charge in [0.2, 0.25) is 5.91 Å². The first kappa shape index (κ1) is 14.1. The van der Waals surface area contributed by atoms with E-state index in [1.807, 2.05) is 54.6 Å². The molecular weight excluding hydrogens is 250 g/mol. The van der Waals surface area contributed by atoms with E-state index < -0.39 is 0 Å². The lowest BCUT2D eigenvalue weighted by Crippen LogP contribution is -2.22. The number of hydrogen-bond acceptors (Lipinski definition) is 2. The quantitative estimate of drug-likeness (QED) is 0.875. The number of carbonyl (C=O) groups is 1. The van der Waals surface area contributed by atoms with Crippen LogP contribution in [0.25, 0.3) is 0 Å². The molecule has 3 nitrogen and oxygen atoms in total. The van der Waals surface area contributed by atoms with Crippen LogP contribution in [-0.2, 0) is 17.8 Å². The zero-order chi connectivity index (χ0) is 14.2. The molecule has 2 aromatic carbocycles. The van der Waals surface area contributed by atoms with E-state index in [1.54, 1.807) is 0 Å². The minimum absolute atomic E-state index is 0.00724. The predicted molar refractivity (Wildman–Crippen MR) is 79.6 cm³/mol. The molecule has 0 atom stereocenters. The molecule has 0 fully saturated rings. The summed E-state index contributed by atoms with van der Waals surface area (Å²) < 4.78 is 5.72. The van der Waals surface area contributed by atoms with Crippen LogP contribution in [0.4, 0.5) is 0 Å². The highest BCUT2D eigenvalue weighted by atomic mass is 16.5. The first-order valence-corrected chi connectivity index (χ1v) is 6.74. The molecular formula is C17H19NO2. The topological polar surface area (TPSA) is 38.3 Å². The predicted octanol–water partition coefficient (Wildman–Crippen LogP) is 2.94. The average Bonchev–Trinajstić information content (AvgIpc) is 2.47. The molecule has 0 aliphatic carbocycles. The number of ether oxygens (including phenoxy) is 1. The summed E-state index contributed by atoms with van der Waals surface area (Å²) in [5, 5.41) is 2.79. The van der Waals surface area contributed by atoms with E-state index in [9.17, 15) is 4.79 Å². The summed E-state index contributed by atoms with van der Waals surface area (Å²) in [5.74, 6) is 0.866. The molecule has 2 aromatic rings. The van der Waals surface area contributed by atoms with Crippen LogP contribution >= 0.6 is 0 Å². The molecule has 104 valence electrons. The van der Waals surface area contributed by atoms with Crippen LogP contribution in [0.5, 0.6) is 5.75 Å². The maximum atomic E-state index is 10.8. The largest absolute Gasteiger partial charge is 0.489 e. The molecule has 0 saturated heterocycles. The summed E-state index contributed by atoms with van der Waals surface area (Å²) in [6, 6.07) is 18.1. The van der Waals surface area contributed by atoms with E-state index in [0.717, 1.165) is 17.7 Å². The molecule has 20 heavy (non-hydrogen) atoms. The molecule has 0 aromatic heterocycles. The van der Waals surface area contributed by atoms with Crippen LogP contribution in [0, 0.1) is 0 Å². The van der Waals surface area contributed by atoms with Gasteiger partial charge in [0.1, 0.15) is 12.4 Å². The van der Waals surface area contributed by atoms with Gasteiger partial charge in [0.25, 0.3) is 0 Å². The van der Waals surface area contributed by atoms with Gasteiger partial charge in [-0.1, -0.05) is 42.5 Å². The van der Waals surface area contributed by atoms with Crippen LogP contribution in [0.3, 0.4) is 0 Å². The van der Waals surface area contributed by atoms with Crippen LogP contribution in [0.2, 0.25) is 0 Å². The lowest BCUT2D eigenvalue weighted by atomic mass is 10.1. The number of amides is 1. The standard InChI is InChI=1S/C17H19NO2/c1-14(19)18-12-11-15-7-9-17(10-8-15)20-13-16-5-3-2-4-6-16/h2-10H,11-13H2,1H3,(H,18,19). The Bertz CT molecular complexity index is 535. The number of hydrogen-bond donors (Lipinski definition) is 1. The molecule has 0 spiro atoms. The highest BCUT2D eigenvalue weighted by Gasteiger charge is 1.98. The van der Waals surface area contributed by atoms with Gasteiger partial charge in [0.15, 0.2) is 0 Å². The van der Waals surface area contributed by atoms with Crippen LogP contribution in [0.1, 0.15) is 18.1 Å². The second kappa shape index (κ2) is 7.34. The van der Waals surface area contributed by atoms with Gasteiger partial charge in [-0.15, -0.1) is 0 Å². The Morgan fingerprint density at radius 3 is 2.35 bits per heavy atom. The van der Waals surface area contributed by atoms with Gasteiger partial charge in [-0.3, -0.25) is 4.79 Å². The number of benzene rings is 2. The summed E-state index contributed by atoms with van der Waals surface area (Å²) in [7, 11) is 0. The van der Waals surface area contributed by atoms with E-state index >= 15 is 0 Å². The van der Waals surface area contributed by atoms with Crippen molar-refractivity contribution in [1.82, 2.24) is 5.32 Å². The van der Waals surface area contributed by atoms with Gasteiger partial charge in [-0.2, -0.15) is 0 Å². The molecule has 0 saturated carbocycles. The van der Waals surface area contributed by atoms with Crippen molar-refractivity contribution in [3.05, 3.63) is 65.7 Å². The fourth-order valence-corrected chi connectivity index (χ4v) is 1.88. The van der Waals surface area contributed by atoms with Crippen molar-refractivity contribution in [3.8, 4) is 5.75 Å². The number of nitrogens with one attached hydrogen (secondary N) is 1. The molecule has 0 unspecified atom stereocenters. The van der Waals surface area contributed by atoms with Crippen molar-refractivity contribution in [2.24, 2.45) is 0 Å². The van der Waals surface area contributed by atoms with E-state index in [4.69, 9.17) is 4.74 Å². The van der Waals surface area contributed by atoms with Gasteiger partial charge >= 0.3 is 0 Å². The summed E-state index contributed by atoms with van der Waals surface area (Å²) in [5.41, 5.74) is 2.34. The molecule has 0 aliphatic rings. The SMILES string of the molecule is CC(=O)NCCc1ccc(OCc2ccccc2)cc1. The highest BCUT2D eigenvalue weighted by Crippen LogP contribution is 2.14. The maximum Gasteiger partial charge on any atom is 0.216 e. The van der Waals surface area contributed by atoms with Crippen molar-refractivity contribution in [3.63, 3.8) is 0 Å². The summed E-state index contributed by atoms with van der Waals surface area (Å²) in [6.45, 7) is 2.77. The molecule has 2 rings (SSSR count).